The van der Waals surface area contributed by atoms with Crippen LogP contribution in [0.5, 0.6) is 0 Å². The molecule has 1 aliphatic heterocycles. The maximum absolute atomic E-state index is 13.2. The summed E-state index contributed by atoms with van der Waals surface area (Å²) in [4.78, 5) is 41.1. The first-order valence-corrected chi connectivity index (χ1v) is 11.2. The van der Waals surface area contributed by atoms with Gasteiger partial charge in [0, 0.05) is 6.42 Å². The standard InChI is InChI=1S/C21H25N3O6S/c1-21(2,3)12-19(26)23(13-15-5-4-10-30-15)17-11-18(25)24(20(17)27)14-6-8-16(9-7-14)31(22,28)29/h4-10,17H,11-13H2,1-3H3,(H2,22,28,29). The maximum atomic E-state index is 13.2. The predicted molar refractivity (Wildman–Crippen MR) is 112 cm³/mol. The molecule has 1 fully saturated rings. The molecule has 1 unspecified atom stereocenters. The Hall–Kier alpha value is -2.98. The van der Waals surface area contributed by atoms with E-state index in [2.05, 4.69) is 0 Å². The molecule has 3 amide bonds. The Morgan fingerprint density at radius 3 is 2.35 bits per heavy atom. The van der Waals surface area contributed by atoms with Crippen molar-refractivity contribution in [2.24, 2.45) is 10.6 Å². The van der Waals surface area contributed by atoms with Gasteiger partial charge in [-0.15, -0.1) is 0 Å². The van der Waals surface area contributed by atoms with Crippen LogP contribution < -0.4 is 10.0 Å². The van der Waals surface area contributed by atoms with Crippen molar-refractivity contribution in [3.63, 3.8) is 0 Å². The van der Waals surface area contributed by atoms with Gasteiger partial charge >= 0.3 is 0 Å². The van der Waals surface area contributed by atoms with E-state index in [1.807, 2.05) is 20.8 Å². The third-order valence-corrected chi connectivity index (χ3v) is 5.76. The van der Waals surface area contributed by atoms with Crippen molar-refractivity contribution < 1.29 is 27.2 Å². The smallest absolute Gasteiger partial charge is 0.257 e. The second-order valence-corrected chi connectivity index (χ2v) is 10.2. The number of sulfonamides is 1. The summed E-state index contributed by atoms with van der Waals surface area (Å²) in [5.41, 5.74) is -0.0981. The van der Waals surface area contributed by atoms with Gasteiger partial charge in [-0.05, 0) is 41.8 Å². The zero-order valence-electron chi connectivity index (χ0n) is 17.6. The minimum Gasteiger partial charge on any atom is -0.467 e. The van der Waals surface area contributed by atoms with Crippen LogP contribution in [-0.2, 0) is 31.0 Å². The number of amides is 3. The number of benzene rings is 1. The predicted octanol–water partition coefficient (Wildman–Crippen LogP) is 2.02. The summed E-state index contributed by atoms with van der Waals surface area (Å²) in [6.45, 7) is 5.80. The van der Waals surface area contributed by atoms with E-state index in [1.165, 1.54) is 35.4 Å². The molecule has 2 aromatic rings. The Morgan fingerprint density at radius 2 is 1.84 bits per heavy atom. The number of anilines is 1. The largest absolute Gasteiger partial charge is 0.467 e. The SMILES string of the molecule is CC(C)(C)CC(=O)N(Cc1ccco1)C1CC(=O)N(c2ccc(S(N)(=O)=O)cc2)C1=O. The topological polar surface area (TPSA) is 131 Å². The molecule has 0 saturated carbocycles. The number of rotatable bonds is 6. The van der Waals surface area contributed by atoms with Crippen LogP contribution in [0.25, 0.3) is 0 Å². The summed E-state index contributed by atoms with van der Waals surface area (Å²) in [5, 5.41) is 5.10. The third kappa shape index (κ3) is 5.20. The fourth-order valence-corrected chi connectivity index (χ4v) is 3.93. The molecule has 2 N–H and O–H groups in total. The molecule has 1 saturated heterocycles. The molecule has 1 atom stereocenters. The van der Waals surface area contributed by atoms with Gasteiger partial charge in [0.05, 0.1) is 29.8 Å². The van der Waals surface area contributed by atoms with E-state index in [1.54, 1.807) is 12.1 Å². The molecule has 31 heavy (non-hydrogen) atoms. The number of hydrogen-bond acceptors (Lipinski definition) is 6. The number of primary sulfonamides is 1. The lowest BCUT2D eigenvalue weighted by atomic mass is 9.91. The minimum absolute atomic E-state index is 0.0593. The van der Waals surface area contributed by atoms with E-state index in [9.17, 15) is 22.8 Å². The second-order valence-electron chi connectivity index (χ2n) is 8.66. The first kappa shape index (κ1) is 22.7. The number of imide groups is 1. The van der Waals surface area contributed by atoms with Gasteiger partial charge in [0.25, 0.3) is 5.91 Å². The minimum atomic E-state index is -3.90. The van der Waals surface area contributed by atoms with E-state index in [0.29, 0.717) is 5.76 Å². The summed E-state index contributed by atoms with van der Waals surface area (Å²) >= 11 is 0. The van der Waals surface area contributed by atoms with Crippen molar-refractivity contribution >= 4 is 33.4 Å². The lowest BCUT2D eigenvalue weighted by molar-refractivity contribution is -0.140. The number of carbonyl (C=O) groups is 3. The molecule has 10 heteroatoms. The molecule has 0 radical (unpaired) electrons. The molecular weight excluding hydrogens is 422 g/mol. The van der Waals surface area contributed by atoms with E-state index in [4.69, 9.17) is 9.56 Å². The molecule has 2 heterocycles. The van der Waals surface area contributed by atoms with Gasteiger partial charge in [0.15, 0.2) is 0 Å². The lowest BCUT2D eigenvalue weighted by Gasteiger charge is -2.29. The van der Waals surface area contributed by atoms with Crippen LogP contribution in [0.15, 0.2) is 52.0 Å². The fraction of sp³-hybridized carbons (Fsp3) is 0.381. The van der Waals surface area contributed by atoms with Crippen molar-refractivity contribution in [1.29, 1.82) is 0 Å². The van der Waals surface area contributed by atoms with E-state index in [-0.39, 0.29) is 41.3 Å². The van der Waals surface area contributed by atoms with Crippen LogP contribution in [0.1, 0.15) is 39.4 Å². The quantitative estimate of drug-likeness (QED) is 0.674. The first-order chi connectivity index (χ1) is 14.4. The average molecular weight is 448 g/mol. The summed E-state index contributed by atoms with van der Waals surface area (Å²) in [6.07, 6.45) is 1.49. The highest BCUT2D eigenvalue weighted by Gasteiger charge is 2.45. The molecule has 0 aliphatic carbocycles. The highest BCUT2D eigenvalue weighted by Crippen LogP contribution is 2.29. The van der Waals surface area contributed by atoms with Crippen LogP contribution in [-0.4, -0.2) is 37.1 Å². The van der Waals surface area contributed by atoms with Crippen LogP contribution in [0.2, 0.25) is 0 Å². The van der Waals surface area contributed by atoms with Crippen LogP contribution >= 0.6 is 0 Å². The summed E-state index contributed by atoms with van der Waals surface area (Å²) in [5.74, 6) is -0.798. The molecule has 166 valence electrons. The van der Waals surface area contributed by atoms with Gasteiger partial charge < -0.3 is 9.32 Å². The Bertz CT molecular complexity index is 1090. The number of furan rings is 1. The van der Waals surface area contributed by atoms with Gasteiger partial charge in [-0.25, -0.2) is 18.5 Å². The molecule has 1 aliphatic rings. The van der Waals surface area contributed by atoms with Gasteiger partial charge in [-0.3, -0.25) is 14.4 Å². The second kappa shape index (κ2) is 8.27. The Balaban J connectivity index is 1.89. The van der Waals surface area contributed by atoms with E-state index >= 15 is 0 Å². The normalized spacial score (nSPS) is 17.3. The molecular formula is C21H25N3O6S. The summed E-state index contributed by atoms with van der Waals surface area (Å²) in [7, 11) is -3.90. The summed E-state index contributed by atoms with van der Waals surface area (Å²) < 4.78 is 28.3. The van der Waals surface area contributed by atoms with Gasteiger partial charge in [0.2, 0.25) is 21.8 Å². The third-order valence-electron chi connectivity index (χ3n) is 4.83. The Labute approximate surface area is 180 Å². The van der Waals surface area contributed by atoms with Gasteiger partial charge in [-0.1, -0.05) is 20.8 Å². The molecule has 3 rings (SSSR count). The van der Waals surface area contributed by atoms with Crippen molar-refractivity contribution in [2.45, 2.75) is 51.1 Å². The van der Waals surface area contributed by atoms with Gasteiger partial charge in [0.1, 0.15) is 11.8 Å². The van der Waals surface area contributed by atoms with Gasteiger partial charge in [-0.2, -0.15) is 0 Å². The Kier molecular flexibility index (Phi) is 6.06. The van der Waals surface area contributed by atoms with Crippen molar-refractivity contribution in [2.75, 3.05) is 4.90 Å². The first-order valence-electron chi connectivity index (χ1n) is 9.68. The van der Waals surface area contributed by atoms with Crippen molar-refractivity contribution in [1.82, 2.24) is 4.90 Å². The fourth-order valence-electron chi connectivity index (χ4n) is 3.41. The summed E-state index contributed by atoms with van der Waals surface area (Å²) in [6, 6.07) is 7.53. The molecule has 1 aromatic carbocycles. The van der Waals surface area contributed by atoms with Crippen molar-refractivity contribution in [3.8, 4) is 0 Å². The monoisotopic (exact) mass is 447 g/mol. The van der Waals surface area contributed by atoms with Crippen LogP contribution in [0.3, 0.4) is 0 Å². The highest BCUT2D eigenvalue weighted by atomic mass is 32.2. The van der Waals surface area contributed by atoms with Crippen molar-refractivity contribution in [3.05, 3.63) is 48.4 Å². The van der Waals surface area contributed by atoms with Crippen LogP contribution in [0, 0.1) is 5.41 Å². The van der Waals surface area contributed by atoms with E-state index < -0.39 is 27.9 Å². The maximum Gasteiger partial charge on any atom is 0.257 e. The number of hydrogen-bond donors (Lipinski definition) is 1. The Morgan fingerprint density at radius 1 is 1.19 bits per heavy atom. The molecule has 1 aromatic heterocycles. The van der Waals surface area contributed by atoms with E-state index in [0.717, 1.165) is 4.90 Å². The number of nitrogens with zero attached hydrogens (tertiary/aromatic N) is 2. The zero-order chi connectivity index (χ0) is 23.0. The van der Waals surface area contributed by atoms with Crippen LogP contribution in [0.4, 0.5) is 5.69 Å². The molecule has 0 spiro atoms. The average Bonchev–Trinajstić information content (AvgIpc) is 3.25. The lowest BCUT2D eigenvalue weighted by Crippen LogP contribution is -2.45. The molecule has 9 nitrogen and oxygen atoms in total. The molecule has 0 bridgehead atoms. The number of carbonyl (C=O) groups excluding carboxylic acids is 3. The highest BCUT2D eigenvalue weighted by molar-refractivity contribution is 7.89. The zero-order valence-corrected chi connectivity index (χ0v) is 18.4. The number of nitrogens with two attached hydrogens (primary N) is 1.